The summed E-state index contributed by atoms with van der Waals surface area (Å²) in [5.41, 5.74) is 1.50. The number of imidazole rings is 1. The van der Waals surface area contributed by atoms with Gasteiger partial charge in [-0.2, -0.15) is 4.31 Å². The molecule has 2 aliphatic rings. The highest BCUT2D eigenvalue weighted by atomic mass is 32.2. The zero-order valence-corrected chi connectivity index (χ0v) is 21.9. The Kier molecular flexibility index (Phi) is 6.45. The van der Waals surface area contributed by atoms with E-state index in [9.17, 15) is 18.0 Å². The fraction of sp³-hybridized carbons (Fsp3) is 0.423. The predicted molar refractivity (Wildman–Crippen MR) is 136 cm³/mol. The van der Waals surface area contributed by atoms with E-state index >= 15 is 0 Å². The summed E-state index contributed by atoms with van der Waals surface area (Å²) in [6.45, 7) is 7.52. The van der Waals surface area contributed by atoms with Crippen molar-refractivity contribution < 1.29 is 22.7 Å². The first kappa shape index (κ1) is 25.2. The standard InChI is InChI=1S/C26H31N5O5S/c1-26(2,3)36-25(33)30-14-20-16-31(17-21(20)15-30)37(34,35)22-7-4-18(5-8-22)12-28-24(32)19-6-9-23-27-10-11-29(23)13-19/h4-11,13,20-21H,12,14-17H2,1-3H3,(H,28,32)/t20-,21+. The number of fused-ring (bicyclic) bond motifs is 2. The molecule has 11 heteroatoms. The molecule has 2 aliphatic heterocycles. The Labute approximate surface area is 216 Å². The summed E-state index contributed by atoms with van der Waals surface area (Å²) in [5, 5.41) is 2.86. The number of pyridine rings is 1. The Balaban J connectivity index is 1.16. The Morgan fingerprint density at radius 3 is 2.35 bits per heavy atom. The van der Waals surface area contributed by atoms with Gasteiger partial charge in [-0.3, -0.25) is 4.79 Å². The summed E-state index contributed by atoms with van der Waals surface area (Å²) in [6.07, 6.45) is 4.81. The van der Waals surface area contributed by atoms with Crippen molar-refractivity contribution in [2.24, 2.45) is 11.8 Å². The van der Waals surface area contributed by atoms with Gasteiger partial charge in [0.05, 0.1) is 10.5 Å². The molecule has 2 atom stereocenters. The van der Waals surface area contributed by atoms with Crippen LogP contribution in [0.5, 0.6) is 0 Å². The molecule has 0 aliphatic carbocycles. The summed E-state index contributed by atoms with van der Waals surface area (Å²) in [7, 11) is -3.65. The van der Waals surface area contributed by atoms with Gasteiger partial charge in [0.2, 0.25) is 10.0 Å². The average Bonchev–Trinajstić information content (AvgIpc) is 3.56. The number of hydrogen-bond acceptors (Lipinski definition) is 6. The summed E-state index contributed by atoms with van der Waals surface area (Å²) in [4.78, 5) is 31.0. The number of aromatic nitrogens is 2. The number of nitrogens with one attached hydrogen (secondary N) is 1. The molecule has 5 rings (SSSR count). The molecular formula is C26H31N5O5S. The van der Waals surface area contributed by atoms with Crippen molar-refractivity contribution in [3.63, 3.8) is 0 Å². The maximum absolute atomic E-state index is 13.3. The van der Waals surface area contributed by atoms with Crippen molar-refractivity contribution in [3.05, 3.63) is 66.1 Å². The molecule has 2 saturated heterocycles. The molecule has 3 aromatic rings. The number of carbonyl (C=O) groups excluding carboxylic acids is 2. The van der Waals surface area contributed by atoms with E-state index in [1.54, 1.807) is 64.3 Å². The lowest BCUT2D eigenvalue weighted by molar-refractivity contribution is 0.0278. The van der Waals surface area contributed by atoms with E-state index in [1.807, 2.05) is 20.8 Å². The molecule has 37 heavy (non-hydrogen) atoms. The third-order valence-electron chi connectivity index (χ3n) is 6.77. The second kappa shape index (κ2) is 9.46. The Bertz CT molecular complexity index is 1410. The topological polar surface area (TPSA) is 113 Å². The van der Waals surface area contributed by atoms with Crippen LogP contribution in [0.3, 0.4) is 0 Å². The molecule has 196 valence electrons. The number of sulfonamides is 1. The molecule has 10 nitrogen and oxygen atoms in total. The van der Waals surface area contributed by atoms with E-state index in [2.05, 4.69) is 10.3 Å². The van der Waals surface area contributed by atoms with E-state index in [1.165, 1.54) is 4.31 Å². The minimum absolute atomic E-state index is 0.0957. The number of benzene rings is 1. The van der Waals surface area contributed by atoms with Crippen LogP contribution in [-0.4, -0.2) is 70.8 Å². The van der Waals surface area contributed by atoms with Gasteiger partial charge in [0, 0.05) is 51.3 Å². The van der Waals surface area contributed by atoms with Gasteiger partial charge >= 0.3 is 6.09 Å². The highest BCUT2D eigenvalue weighted by Crippen LogP contribution is 2.35. The molecule has 2 aromatic heterocycles. The number of rotatable bonds is 5. The van der Waals surface area contributed by atoms with E-state index < -0.39 is 15.6 Å². The summed E-state index contributed by atoms with van der Waals surface area (Å²) in [5.74, 6) is -0.0343. The van der Waals surface area contributed by atoms with Crippen molar-refractivity contribution in [1.29, 1.82) is 0 Å². The van der Waals surface area contributed by atoms with Crippen molar-refractivity contribution in [3.8, 4) is 0 Å². The van der Waals surface area contributed by atoms with Crippen molar-refractivity contribution in [2.45, 2.75) is 37.8 Å². The van der Waals surface area contributed by atoms with Gasteiger partial charge in [0.1, 0.15) is 11.2 Å². The molecule has 0 bridgehead atoms. The minimum atomic E-state index is -3.65. The molecule has 0 unspecified atom stereocenters. The van der Waals surface area contributed by atoms with Crippen LogP contribution in [0.25, 0.3) is 5.65 Å². The maximum atomic E-state index is 13.3. The van der Waals surface area contributed by atoms with Crippen LogP contribution in [0.1, 0.15) is 36.7 Å². The Morgan fingerprint density at radius 2 is 1.70 bits per heavy atom. The second-order valence-corrected chi connectivity index (χ2v) is 12.6. The van der Waals surface area contributed by atoms with Crippen LogP contribution in [0.15, 0.2) is 59.9 Å². The van der Waals surface area contributed by atoms with Crippen LogP contribution in [0, 0.1) is 11.8 Å². The summed E-state index contributed by atoms with van der Waals surface area (Å²) in [6, 6.07) is 10.1. The lowest BCUT2D eigenvalue weighted by atomic mass is 10.0. The number of hydrogen-bond donors (Lipinski definition) is 1. The summed E-state index contributed by atoms with van der Waals surface area (Å²) >= 11 is 0. The van der Waals surface area contributed by atoms with Gasteiger partial charge in [-0.15, -0.1) is 0 Å². The SMILES string of the molecule is CC(C)(C)OC(=O)N1C[C@@H]2CN(S(=O)(=O)c3ccc(CNC(=O)c4ccc5nccn5c4)cc3)C[C@@H]2C1. The highest BCUT2D eigenvalue weighted by molar-refractivity contribution is 7.89. The zero-order valence-electron chi connectivity index (χ0n) is 21.1. The van der Waals surface area contributed by atoms with Crippen molar-refractivity contribution in [1.82, 2.24) is 23.9 Å². The number of amides is 2. The number of likely N-dealkylation sites (tertiary alicyclic amines) is 1. The number of carbonyl (C=O) groups is 2. The quantitative estimate of drug-likeness (QED) is 0.548. The fourth-order valence-corrected chi connectivity index (χ4v) is 6.44. The molecule has 2 fully saturated rings. The monoisotopic (exact) mass is 525 g/mol. The van der Waals surface area contributed by atoms with E-state index in [0.29, 0.717) is 31.7 Å². The van der Waals surface area contributed by atoms with Crippen molar-refractivity contribution >= 4 is 27.7 Å². The maximum Gasteiger partial charge on any atom is 0.410 e. The van der Waals surface area contributed by atoms with Gasteiger partial charge in [0.15, 0.2) is 0 Å². The Hall–Kier alpha value is -3.44. The van der Waals surface area contributed by atoms with Crippen LogP contribution in [0.2, 0.25) is 0 Å². The molecule has 0 radical (unpaired) electrons. The minimum Gasteiger partial charge on any atom is -0.444 e. The summed E-state index contributed by atoms with van der Waals surface area (Å²) < 4.78 is 35.3. The van der Waals surface area contributed by atoms with Crippen molar-refractivity contribution in [2.75, 3.05) is 26.2 Å². The number of ether oxygens (including phenoxy) is 1. The Morgan fingerprint density at radius 1 is 1.03 bits per heavy atom. The van der Waals surface area contributed by atoms with E-state index in [0.717, 1.165) is 11.2 Å². The van der Waals surface area contributed by atoms with Crippen LogP contribution >= 0.6 is 0 Å². The predicted octanol–water partition coefficient (Wildman–Crippen LogP) is 2.75. The second-order valence-electron chi connectivity index (χ2n) is 10.7. The lowest BCUT2D eigenvalue weighted by Crippen LogP contribution is -2.38. The van der Waals surface area contributed by atoms with Gasteiger partial charge in [-0.25, -0.2) is 18.2 Å². The molecule has 0 spiro atoms. The normalized spacial score (nSPS) is 20.2. The smallest absolute Gasteiger partial charge is 0.410 e. The molecule has 1 N–H and O–H groups in total. The molecule has 4 heterocycles. The van der Waals surface area contributed by atoms with E-state index in [4.69, 9.17) is 4.74 Å². The van der Waals surface area contributed by atoms with Gasteiger partial charge in [0.25, 0.3) is 5.91 Å². The first-order valence-corrected chi connectivity index (χ1v) is 13.7. The molecule has 0 saturated carbocycles. The third kappa shape index (κ3) is 5.33. The van der Waals surface area contributed by atoms with Gasteiger partial charge < -0.3 is 19.4 Å². The third-order valence-corrected chi connectivity index (χ3v) is 8.62. The largest absolute Gasteiger partial charge is 0.444 e. The van der Waals surface area contributed by atoms with Gasteiger partial charge in [-0.05, 0) is 62.4 Å². The van der Waals surface area contributed by atoms with Crippen LogP contribution in [0.4, 0.5) is 4.79 Å². The molecular weight excluding hydrogens is 494 g/mol. The van der Waals surface area contributed by atoms with E-state index in [-0.39, 0.29) is 35.3 Å². The molecule has 1 aromatic carbocycles. The number of nitrogens with zero attached hydrogens (tertiary/aromatic N) is 4. The first-order chi connectivity index (χ1) is 17.5. The van der Waals surface area contributed by atoms with Crippen LogP contribution < -0.4 is 5.32 Å². The highest BCUT2D eigenvalue weighted by Gasteiger charge is 2.46. The molecule has 2 amide bonds. The zero-order chi connectivity index (χ0) is 26.4. The van der Waals surface area contributed by atoms with Crippen LogP contribution in [-0.2, 0) is 21.3 Å². The lowest BCUT2D eigenvalue weighted by Gasteiger charge is -2.26. The fourth-order valence-electron chi connectivity index (χ4n) is 4.89. The van der Waals surface area contributed by atoms with Gasteiger partial charge in [-0.1, -0.05) is 12.1 Å². The average molecular weight is 526 g/mol. The first-order valence-electron chi connectivity index (χ1n) is 12.3.